The lowest BCUT2D eigenvalue weighted by atomic mass is 9.84. The third-order valence-electron chi connectivity index (χ3n) is 8.04. The Hall–Kier alpha value is -2.79. The van der Waals surface area contributed by atoms with Gasteiger partial charge in [0, 0.05) is 41.4 Å². The van der Waals surface area contributed by atoms with Crippen LogP contribution in [0.25, 0.3) is 21.9 Å². The Morgan fingerprint density at radius 1 is 0.879 bits per heavy atom. The van der Waals surface area contributed by atoms with Gasteiger partial charge >= 0.3 is 0 Å². The lowest BCUT2D eigenvalue weighted by Crippen LogP contribution is -2.29. The molecule has 3 aromatic heterocycles. The Balaban J connectivity index is 1.25. The molecule has 2 fully saturated rings. The Bertz CT molecular complexity index is 1270. The number of hydrogen-bond acceptors (Lipinski definition) is 3. The van der Waals surface area contributed by atoms with Crippen LogP contribution in [0.4, 0.5) is 11.5 Å². The fraction of sp³-hybridized carbons (Fsp3) is 0.464. The number of pyridine rings is 1. The summed E-state index contributed by atoms with van der Waals surface area (Å²) in [5.74, 6) is 2.25. The summed E-state index contributed by atoms with van der Waals surface area (Å²) < 4.78 is 2.19. The molecule has 172 valence electrons. The number of rotatable bonds is 4. The van der Waals surface area contributed by atoms with Crippen LogP contribution in [0.15, 0.2) is 42.7 Å². The van der Waals surface area contributed by atoms with Gasteiger partial charge in [-0.05, 0) is 93.0 Å². The molecule has 33 heavy (non-hydrogen) atoms. The number of H-pyrrole nitrogens is 1. The third-order valence-corrected chi connectivity index (χ3v) is 8.04. The molecule has 5 heteroatoms. The van der Waals surface area contributed by atoms with Gasteiger partial charge in [0.2, 0.25) is 0 Å². The molecule has 6 rings (SSSR count). The first-order chi connectivity index (χ1) is 16.2. The predicted octanol–water partition coefficient (Wildman–Crippen LogP) is 6.66. The molecule has 0 unspecified atom stereocenters. The fourth-order valence-corrected chi connectivity index (χ4v) is 6.12. The van der Waals surface area contributed by atoms with E-state index in [1.54, 1.807) is 0 Å². The highest BCUT2D eigenvalue weighted by Gasteiger charge is 2.23. The van der Waals surface area contributed by atoms with Crippen LogP contribution in [0.2, 0.25) is 0 Å². The van der Waals surface area contributed by atoms with E-state index >= 15 is 0 Å². The molecule has 0 spiro atoms. The van der Waals surface area contributed by atoms with Crippen molar-refractivity contribution in [1.29, 1.82) is 0 Å². The summed E-state index contributed by atoms with van der Waals surface area (Å²) >= 11 is 0. The summed E-state index contributed by atoms with van der Waals surface area (Å²) in [6, 6.07) is 11.1. The number of likely N-dealkylation sites (tertiary alicyclic amines) is 1. The second-order valence-electron chi connectivity index (χ2n) is 10.3. The van der Waals surface area contributed by atoms with Gasteiger partial charge < -0.3 is 19.8 Å². The number of nitrogens with one attached hydrogen (secondary N) is 2. The summed E-state index contributed by atoms with van der Waals surface area (Å²) in [7, 11) is 4.34. The van der Waals surface area contributed by atoms with Crippen molar-refractivity contribution in [3.63, 3.8) is 0 Å². The second kappa shape index (κ2) is 8.53. The maximum Gasteiger partial charge on any atom is 0.142 e. The molecule has 0 bridgehead atoms. The van der Waals surface area contributed by atoms with E-state index in [-0.39, 0.29) is 0 Å². The quantitative estimate of drug-likeness (QED) is 0.372. The van der Waals surface area contributed by atoms with Gasteiger partial charge in [0.25, 0.3) is 0 Å². The van der Waals surface area contributed by atoms with Crippen molar-refractivity contribution >= 4 is 33.4 Å². The number of piperidine rings is 1. The zero-order valence-electron chi connectivity index (χ0n) is 19.9. The molecule has 2 aliphatic rings. The molecule has 0 radical (unpaired) electrons. The molecule has 0 atom stereocenters. The van der Waals surface area contributed by atoms with E-state index in [9.17, 15) is 0 Å². The molecule has 4 aromatic rings. The summed E-state index contributed by atoms with van der Waals surface area (Å²) in [5, 5.41) is 6.22. The van der Waals surface area contributed by atoms with Gasteiger partial charge in [0.05, 0.1) is 0 Å². The SMILES string of the molecule is CN1CCC(c2cn(C)c3nc(Nc4ccc5c(C6CCCCC6)c[nH]c5c4)ccc23)CC1. The zero-order valence-corrected chi connectivity index (χ0v) is 19.9. The van der Waals surface area contributed by atoms with Crippen LogP contribution in [-0.4, -0.2) is 39.6 Å². The highest BCUT2D eigenvalue weighted by Crippen LogP contribution is 2.38. The summed E-state index contributed by atoms with van der Waals surface area (Å²) in [6.45, 7) is 2.36. The minimum atomic E-state index is 0.638. The number of hydrogen-bond donors (Lipinski definition) is 2. The Morgan fingerprint density at radius 2 is 1.64 bits per heavy atom. The van der Waals surface area contributed by atoms with E-state index in [4.69, 9.17) is 4.98 Å². The minimum absolute atomic E-state index is 0.638. The molecule has 5 nitrogen and oxygen atoms in total. The molecule has 1 aromatic carbocycles. The lowest BCUT2D eigenvalue weighted by molar-refractivity contribution is 0.256. The Morgan fingerprint density at radius 3 is 2.45 bits per heavy atom. The van der Waals surface area contributed by atoms with E-state index in [0.717, 1.165) is 17.2 Å². The largest absolute Gasteiger partial charge is 0.361 e. The fourth-order valence-electron chi connectivity index (χ4n) is 6.12. The first kappa shape index (κ1) is 20.8. The van der Waals surface area contributed by atoms with Crippen LogP contribution < -0.4 is 5.32 Å². The maximum atomic E-state index is 4.99. The molecule has 2 N–H and O–H groups in total. The Kier molecular flexibility index (Phi) is 5.37. The average Bonchev–Trinajstić information content (AvgIpc) is 3.41. The average molecular weight is 442 g/mol. The topological polar surface area (TPSA) is 48.9 Å². The van der Waals surface area contributed by atoms with Crippen molar-refractivity contribution in [3.8, 4) is 0 Å². The van der Waals surface area contributed by atoms with Crippen molar-refractivity contribution in [2.24, 2.45) is 7.05 Å². The van der Waals surface area contributed by atoms with E-state index in [0.29, 0.717) is 11.8 Å². The molecule has 0 amide bonds. The maximum absolute atomic E-state index is 4.99. The third kappa shape index (κ3) is 3.93. The number of benzene rings is 1. The van der Waals surface area contributed by atoms with Gasteiger partial charge in [-0.25, -0.2) is 4.98 Å². The van der Waals surface area contributed by atoms with Crippen LogP contribution in [0.5, 0.6) is 0 Å². The van der Waals surface area contributed by atoms with Crippen molar-refractivity contribution < 1.29 is 0 Å². The standard InChI is InChI=1S/C28H35N5/c1-32-14-12-20(13-15-32)25-18-33(2)28-23(25)10-11-27(31-28)30-21-8-9-22-24(17-29-26(22)16-21)19-6-4-3-5-7-19/h8-11,16-20,29H,3-7,12-15H2,1-2H3,(H,30,31). The van der Waals surface area contributed by atoms with E-state index in [1.807, 2.05) is 0 Å². The van der Waals surface area contributed by atoms with Gasteiger partial charge in [0.1, 0.15) is 11.5 Å². The minimum Gasteiger partial charge on any atom is -0.361 e. The van der Waals surface area contributed by atoms with Gasteiger partial charge in [-0.3, -0.25) is 0 Å². The number of nitrogens with zero attached hydrogens (tertiary/aromatic N) is 3. The number of aryl methyl sites for hydroxylation is 1. The first-order valence-corrected chi connectivity index (χ1v) is 12.7. The molecule has 1 saturated heterocycles. The molecule has 1 aliphatic heterocycles. The monoisotopic (exact) mass is 441 g/mol. The predicted molar refractivity (Wildman–Crippen MR) is 138 cm³/mol. The van der Waals surface area contributed by atoms with Gasteiger partial charge in [-0.2, -0.15) is 0 Å². The highest BCUT2D eigenvalue weighted by molar-refractivity contribution is 5.88. The van der Waals surface area contributed by atoms with Gasteiger partial charge in [0.15, 0.2) is 0 Å². The molecular formula is C28H35N5. The van der Waals surface area contributed by atoms with E-state index in [1.165, 1.54) is 85.5 Å². The van der Waals surface area contributed by atoms with Crippen LogP contribution in [-0.2, 0) is 7.05 Å². The van der Waals surface area contributed by atoms with Crippen LogP contribution in [0.1, 0.15) is 67.9 Å². The van der Waals surface area contributed by atoms with E-state index < -0.39 is 0 Å². The molecule has 1 aliphatic carbocycles. The van der Waals surface area contributed by atoms with Crippen molar-refractivity contribution in [3.05, 3.63) is 53.9 Å². The number of aromatic nitrogens is 3. The second-order valence-corrected chi connectivity index (χ2v) is 10.3. The number of aromatic amines is 1. The highest BCUT2D eigenvalue weighted by atomic mass is 15.1. The molecule has 4 heterocycles. The lowest BCUT2D eigenvalue weighted by Gasteiger charge is -2.28. The van der Waals surface area contributed by atoms with E-state index in [2.05, 4.69) is 76.6 Å². The number of fused-ring (bicyclic) bond motifs is 2. The first-order valence-electron chi connectivity index (χ1n) is 12.7. The van der Waals surface area contributed by atoms with Gasteiger partial charge in [-0.1, -0.05) is 25.3 Å². The smallest absolute Gasteiger partial charge is 0.142 e. The van der Waals surface area contributed by atoms with Crippen molar-refractivity contribution in [1.82, 2.24) is 19.4 Å². The van der Waals surface area contributed by atoms with Crippen LogP contribution in [0, 0.1) is 0 Å². The van der Waals surface area contributed by atoms with Crippen molar-refractivity contribution in [2.45, 2.75) is 56.8 Å². The van der Waals surface area contributed by atoms with Gasteiger partial charge in [-0.15, -0.1) is 0 Å². The van der Waals surface area contributed by atoms with Crippen molar-refractivity contribution in [2.75, 3.05) is 25.5 Å². The van der Waals surface area contributed by atoms with Crippen LogP contribution in [0.3, 0.4) is 0 Å². The zero-order chi connectivity index (χ0) is 22.4. The normalized spacial score (nSPS) is 19.0. The molecular weight excluding hydrogens is 406 g/mol. The Labute approximate surface area is 196 Å². The summed E-state index contributed by atoms with van der Waals surface area (Å²) in [5.41, 5.74) is 6.32. The molecule has 1 saturated carbocycles. The summed E-state index contributed by atoms with van der Waals surface area (Å²) in [4.78, 5) is 10.9. The summed E-state index contributed by atoms with van der Waals surface area (Å²) in [6.07, 6.45) is 13.8. The van der Waals surface area contributed by atoms with Crippen LogP contribution >= 0.6 is 0 Å². The number of anilines is 2.